The number of carbonyl (C=O) groups is 3. The van der Waals surface area contributed by atoms with E-state index in [2.05, 4.69) is 11.9 Å². The molecule has 0 aromatic rings. The van der Waals surface area contributed by atoms with Crippen molar-refractivity contribution in [2.45, 2.75) is 103 Å². The fraction of sp³-hybridized carbons (Fsp3) is 0.773. The summed E-state index contributed by atoms with van der Waals surface area (Å²) in [4.78, 5) is 33.5. The predicted molar refractivity (Wildman–Crippen MR) is 127 cm³/mol. The maximum Gasteiger partial charge on any atom is 0.407 e. The summed E-state index contributed by atoms with van der Waals surface area (Å²) in [6.45, 7) is 8.13. The van der Waals surface area contributed by atoms with E-state index in [1.165, 1.54) is 6.92 Å². The maximum absolute atomic E-state index is 11.6. The Morgan fingerprint density at radius 3 is 2.00 bits per heavy atom. The Balaban J connectivity index is -0.000000176. The topological polar surface area (TPSA) is 111 Å². The molecule has 0 fully saturated rings. The van der Waals surface area contributed by atoms with Gasteiger partial charge in [0.15, 0.2) is 0 Å². The van der Waals surface area contributed by atoms with Crippen LogP contribution in [0.4, 0.5) is 4.79 Å². The molecule has 0 aromatic heterocycles. The zero-order valence-electron chi connectivity index (χ0n) is 14.4. The molecule has 186 valence electrons. The molecule has 2 N–H and O–H groups in total. The van der Waals surface area contributed by atoms with Gasteiger partial charge in [-0.3, -0.25) is 4.79 Å². The van der Waals surface area contributed by atoms with E-state index < -0.39 is 36.3 Å². The van der Waals surface area contributed by atoms with Crippen LogP contribution in [0.3, 0.4) is 0 Å². The molecule has 30 heavy (non-hydrogen) atoms. The van der Waals surface area contributed by atoms with Gasteiger partial charge in [-0.25, -0.2) is 9.59 Å². The Morgan fingerprint density at radius 1 is 1.03 bits per heavy atom. The van der Waals surface area contributed by atoms with Crippen molar-refractivity contribution in [3.05, 3.63) is 12.7 Å². The van der Waals surface area contributed by atoms with Crippen LogP contribution in [0.15, 0.2) is 12.7 Å². The molecule has 0 saturated carbocycles. The first-order valence-electron chi connectivity index (χ1n) is 7.87. The highest BCUT2D eigenvalue weighted by atomic mass is 16.6. The van der Waals surface area contributed by atoms with Crippen molar-refractivity contribution in [3.8, 4) is 0 Å². The molecular weight excluding hydrogens is 390 g/mol. The average molecular weight is 442 g/mol. The van der Waals surface area contributed by atoms with Crippen molar-refractivity contribution in [3.63, 3.8) is 0 Å². The molecular formula is C22H51NO7. The highest BCUT2D eigenvalue weighted by Gasteiger charge is 2.21. The van der Waals surface area contributed by atoms with E-state index in [9.17, 15) is 19.5 Å². The molecule has 0 bridgehead atoms. The summed E-state index contributed by atoms with van der Waals surface area (Å²) >= 11 is 0. The van der Waals surface area contributed by atoms with Crippen LogP contribution in [0.25, 0.3) is 0 Å². The largest absolute Gasteiger partial charge is 0.462 e. The Hall–Kier alpha value is -2.09. The van der Waals surface area contributed by atoms with Gasteiger partial charge < -0.3 is 24.6 Å². The maximum atomic E-state index is 11.6. The van der Waals surface area contributed by atoms with E-state index in [1.807, 2.05) is 6.92 Å². The van der Waals surface area contributed by atoms with E-state index >= 15 is 0 Å². The number of rotatable bonds is 11. The van der Waals surface area contributed by atoms with Crippen LogP contribution >= 0.6 is 0 Å². The van der Waals surface area contributed by atoms with E-state index in [1.54, 1.807) is 6.92 Å². The van der Waals surface area contributed by atoms with E-state index in [0.717, 1.165) is 6.08 Å². The van der Waals surface area contributed by atoms with E-state index in [-0.39, 0.29) is 70.6 Å². The first kappa shape index (κ1) is 46.2. The summed E-state index contributed by atoms with van der Waals surface area (Å²) in [5, 5.41) is 12.1. The highest BCUT2D eigenvalue weighted by Crippen LogP contribution is 2.14. The highest BCUT2D eigenvalue weighted by molar-refractivity contribution is 5.81. The smallest absolute Gasteiger partial charge is 0.407 e. The van der Waals surface area contributed by atoms with Gasteiger partial charge in [0.2, 0.25) is 0 Å². The number of aliphatic hydroxyl groups is 1. The van der Waals surface area contributed by atoms with Crippen molar-refractivity contribution in [2.75, 3.05) is 13.2 Å². The summed E-state index contributed by atoms with van der Waals surface area (Å²) in [5.74, 6) is -1.03. The summed E-state index contributed by atoms with van der Waals surface area (Å²) in [5.41, 5.74) is 0. The van der Waals surface area contributed by atoms with Crippen molar-refractivity contribution in [2.24, 2.45) is 0 Å². The minimum Gasteiger partial charge on any atom is -0.462 e. The number of ether oxygens (including phenoxy) is 3. The number of alkyl carbamates (subject to hydrolysis) is 1. The number of nitrogens with one attached hydrogen (secondary N) is 1. The normalized spacial score (nSPS) is 11.2. The lowest BCUT2D eigenvalue weighted by Gasteiger charge is -2.23. The average Bonchev–Trinajstić information content (AvgIpc) is 2.50. The van der Waals surface area contributed by atoms with Gasteiger partial charge in [-0.2, -0.15) is 0 Å². The van der Waals surface area contributed by atoms with Crippen LogP contribution < -0.4 is 5.32 Å². The molecule has 0 aromatic carbocycles. The zero-order valence-corrected chi connectivity index (χ0v) is 14.4. The van der Waals surface area contributed by atoms with Gasteiger partial charge >= 0.3 is 18.0 Å². The summed E-state index contributed by atoms with van der Waals surface area (Å²) in [6, 6.07) is 0. The van der Waals surface area contributed by atoms with Gasteiger partial charge in [0.1, 0.15) is 18.8 Å². The molecule has 8 heteroatoms. The minimum absolute atomic E-state index is 0. The summed E-state index contributed by atoms with van der Waals surface area (Å²) in [7, 11) is 0. The number of aliphatic hydroxyl groups excluding tert-OH is 1. The Kier molecular flexibility index (Phi) is 41.5. The van der Waals surface area contributed by atoms with Gasteiger partial charge in [0, 0.05) is 25.8 Å². The fourth-order valence-corrected chi connectivity index (χ4v) is 1.90. The van der Waals surface area contributed by atoms with E-state index in [4.69, 9.17) is 14.2 Å². The van der Waals surface area contributed by atoms with Crippen LogP contribution in [0, 0.1) is 0 Å². The fourth-order valence-electron chi connectivity index (χ4n) is 1.90. The monoisotopic (exact) mass is 441 g/mol. The summed E-state index contributed by atoms with van der Waals surface area (Å²) < 4.78 is 15.0. The molecule has 3 unspecified atom stereocenters. The number of esters is 2. The number of amides is 1. The lowest BCUT2D eigenvalue weighted by atomic mass is 10.0. The second-order valence-electron chi connectivity index (χ2n) is 5.28. The Bertz CT molecular complexity index is 428. The standard InChI is InChI=1S/C16H27NO7.6CH4/c1-5-13(19)10-14(24-12(4)18)9-11(3)23-16(21)17-7-8-22-15(20)6-2;;;;;;/h6,11,13-14,19H,2,5,7-10H2,1,3-4H3,(H,17,21);6*1H4. The van der Waals surface area contributed by atoms with Gasteiger partial charge in [0.25, 0.3) is 0 Å². The zero-order chi connectivity index (χ0) is 18.5. The molecule has 0 aliphatic carbocycles. The second kappa shape index (κ2) is 26.9. The van der Waals surface area contributed by atoms with Crippen LogP contribution in [0.2, 0.25) is 0 Å². The quantitative estimate of drug-likeness (QED) is 0.198. The van der Waals surface area contributed by atoms with Gasteiger partial charge in [-0.05, 0) is 13.3 Å². The van der Waals surface area contributed by atoms with Crippen molar-refractivity contribution >= 4 is 18.0 Å². The first-order chi connectivity index (χ1) is 11.3. The molecule has 1 amide bonds. The second-order valence-corrected chi connectivity index (χ2v) is 5.28. The van der Waals surface area contributed by atoms with Crippen molar-refractivity contribution in [1.29, 1.82) is 0 Å². The third-order valence-electron chi connectivity index (χ3n) is 3.02. The molecule has 0 radical (unpaired) electrons. The molecule has 0 heterocycles. The number of hydrogen-bond acceptors (Lipinski definition) is 7. The van der Waals surface area contributed by atoms with Gasteiger partial charge in [0.05, 0.1) is 12.6 Å². The first-order valence-corrected chi connectivity index (χ1v) is 7.87. The van der Waals surface area contributed by atoms with Crippen molar-refractivity contribution in [1.82, 2.24) is 5.32 Å². The molecule has 0 aliphatic heterocycles. The lowest BCUT2D eigenvalue weighted by Crippen LogP contribution is -2.33. The molecule has 3 atom stereocenters. The molecule has 0 aliphatic rings. The van der Waals surface area contributed by atoms with Crippen molar-refractivity contribution < 1.29 is 33.7 Å². The molecule has 0 rings (SSSR count). The van der Waals surface area contributed by atoms with Crippen LogP contribution in [-0.4, -0.2) is 54.6 Å². The third-order valence-corrected chi connectivity index (χ3v) is 3.02. The molecule has 0 spiro atoms. The van der Waals surface area contributed by atoms with Crippen LogP contribution in [-0.2, 0) is 23.8 Å². The number of carbonyl (C=O) groups excluding carboxylic acids is 3. The number of hydrogen-bond donors (Lipinski definition) is 2. The van der Waals surface area contributed by atoms with Crippen LogP contribution in [0.1, 0.15) is 84.6 Å². The molecule has 8 nitrogen and oxygen atoms in total. The van der Waals surface area contributed by atoms with Crippen LogP contribution in [0.5, 0.6) is 0 Å². The minimum atomic E-state index is -0.672. The van der Waals surface area contributed by atoms with Gasteiger partial charge in [-0.15, -0.1) is 0 Å². The SMILES string of the molecule is C.C.C.C.C.C.C=CC(=O)OCCNC(=O)OC(C)CC(CC(O)CC)OC(C)=O. The Labute approximate surface area is 186 Å². The third kappa shape index (κ3) is 25.9. The van der Waals surface area contributed by atoms with E-state index in [0.29, 0.717) is 6.42 Å². The predicted octanol–water partition coefficient (Wildman–Crippen LogP) is 5.13. The van der Waals surface area contributed by atoms with Gasteiger partial charge in [-0.1, -0.05) is 58.1 Å². The summed E-state index contributed by atoms with van der Waals surface area (Å²) in [6.07, 6.45) is -0.192. The molecule has 0 saturated heterocycles. The lowest BCUT2D eigenvalue weighted by molar-refractivity contribution is -0.149. The Morgan fingerprint density at radius 2 is 1.57 bits per heavy atom.